The molecule has 0 aliphatic rings. The largest absolute Gasteiger partial charge is 0.508 e. The van der Waals surface area contributed by atoms with Crippen molar-refractivity contribution in [3.8, 4) is 5.75 Å². The number of nitrogen functional groups attached to an aromatic ring is 1. The minimum absolute atomic E-state index is 0.249. The second-order valence-corrected chi connectivity index (χ2v) is 1.59. The van der Waals surface area contributed by atoms with E-state index in [4.69, 9.17) is 10.8 Å². The summed E-state index contributed by atoms with van der Waals surface area (Å²) in [6.07, 6.45) is 0. The van der Waals surface area contributed by atoms with Crippen LogP contribution in [-0.2, 0) is 0 Å². The zero-order valence-corrected chi connectivity index (χ0v) is 9.07. The Bertz CT molecular complexity index is 156. The first-order valence-electron chi connectivity index (χ1n) is 4.07. The predicted molar refractivity (Wildman–Crippen MR) is 62.9 cm³/mol. The molecule has 0 saturated heterocycles. The van der Waals surface area contributed by atoms with Crippen LogP contribution in [0.25, 0.3) is 0 Å². The lowest BCUT2D eigenvalue weighted by Gasteiger charge is -1.89. The number of aromatic hydroxyl groups is 1. The zero-order chi connectivity index (χ0) is 12.0. The quantitative estimate of drug-likeness (QED) is 0.292. The van der Waals surface area contributed by atoms with E-state index in [1.165, 1.54) is 21.1 Å². The Morgan fingerprint density at radius 2 is 1.07 bits per heavy atom. The molecule has 0 spiro atoms. The molecule has 1 aromatic rings. The molecular formula is C9H22N4O. The van der Waals surface area contributed by atoms with Crippen LogP contribution in [0.2, 0.25) is 0 Å². The van der Waals surface area contributed by atoms with Crippen LogP contribution in [0, 0.1) is 0 Å². The highest BCUT2D eigenvalue weighted by molar-refractivity contribution is 5.40. The molecule has 1 aromatic carbocycles. The van der Waals surface area contributed by atoms with Gasteiger partial charge in [-0.2, -0.15) is 0 Å². The third-order valence-corrected chi connectivity index (χ3v) is 0.893. The highest BCUT2D eigenvalue weighted by Crippen LogP contribution is 2.09. The summed E-state index contributed by atoms with van der Waals surface area (Å²) in [4.78, 5) is 0. The van der Waals surface area contributed by atoms with Crippen LogP contribution < -0.4 is 22.9 Å². The van der Waals surface area contributed by atoms with Gasteiger partial charge in [0.15, 0.2) is 0 Å². The number of anilines is 1. The van der Waals surface area contributed by atoms with Gasteiger partial charge in [-0.15, -0.1) is 0 Å². The first kappa shape index (κ1) is 18.5. The Morgan fingerprint density at radius 3 is 1.29 bits per heavy atom. The van der Waals surface area contributed by atoms with E-state index in [0.717, 1.165) is 0 Å². The summed E-state index contributed by atoms with van der Waals surface area (Å²) in [7, 11) is 4.50. The third kappa shape index (κ3) is 13.3. The van der Waals surface area contributed by atoms with Crippen molar-refractivity contribution >= 4 is 5.69 Å². The molecule has 84 valence electrons. The van der Waals surface area contributed by atoms with Gasteiger partial charge in [-0.1, -0.05) is 0 Å². The summed E-state index contributed by atoms with van der Waals surface area (Å²) in [5, 5.41) is 8.70. The summed E-state index contributed by atoms with van der Waals surface area (Å²) in [6.45, 7) is 0. The molecular weight excluding hydrogens is 180 g/mol. The number of benzene rings is 1. The van der Waals surface area contributed by atoms with Gasteiger partial charge >= 0.3 is 0 Å². The molecule has 14 heavy (non-hydrogen) atoms. The zero-order valence-electron chi connectivity index (χ0n) is 9.07. The Labute approximate surface area is 85.7 Å². The van der Waals surface area contributed by atoms with E-state index in [1.54, 1.807) is 24.3 Å². The van der Waals surface area contributed by atoms with E-state index < -0.39 is 0 Å². The summed E-state index contributed by atoms with van der Waals surface area (Å²) in [5.41, 5.74) is 19.5. The molecule has 0 aromatic heterocycles. The molecule has 0 amide bonds. The third-order valence-electron chi connectivity index (χ3n) is 0.893. The van der Waals surface area contributed by atoms with Crippen LogP contribution in [0.5, 0.6) is 5.75 Å². The van der Waals surface area contributed by atoms with E-state index in [-0.39, 0.29) is 5.75 Å². The Morgan fingerprint density at radius 1 is 0.786 bits per heavy atom. The average Bonchev–Trinajstić information content (AvgIpc) is 2.31. The van der Waals surface area contributed by atoms with E-state index in [1.807, 2.05) is 0 Å². The summed E-state index contributed by atoms with van der Waals surface area (Å²) >= 11 is 0. The fourth-order valence-electron chi connectivity index (χ4n) is 0.474. The molecule has 0 fully saturated rings. The Balaban J connectivity index is -0.000000174. The first-order chi connectivity index (χ1) is 6.79. The van der Waals surface area contributed by atoms with Crippen LogP contribution in [0.4, 0.5) is 5.69 Å². The lowest BCUT2D eigenvalue weighted by Crippen LogP contribution is -1.80. The van der Waals surface area contributed by atoms with Gasteiger partial charge in [-0.05, 0) is 45.4 Å². The molecule has 9 N–H and O–H groups in total. The summed E-state index contributed by atoms with van der Waals surface area (Å²) in [6, 6.07) is 6.40. The number of phenols is 1. The van der Waals surface area contributed by atoms with Crippen LogP contribution in [0.15, 0.2) is 24.3 Å². The second kappa shape index (κ2) is 17.7. The van der Waals surface area contributed by atoms with Gasteiger partial charge in [0.1, 0.15) is 5.75 Å². The van der Waals surface area contributed by atoms with Gasteiger partial charge in [0.25, 0.3) is 0 Å². The lowest BCUT2D eigenvalue weighted by atomic mass is 10.3. The van der Waals surface area contributed by atoms with Gasteiger partial charge in [0.2, 0.25) is 0 Å². The van der Waals surface area contributed by atoms with Crippen LogP contribution in [0.3, 0.4) is 0 Å². The summed E-state index contributed by atoms with van der Waals surface area (Å²) < 4.78 is 0. The average molecular weight is 202 g/mol. The van der Waals surface area contributed by atoms with Crippen molar-refractivity contribution in [1.29, 1.82) is 0 Å². The lowest BCUT2D eigenvalue weighted by molar-refractivity contribution is 0.475. The maximum Gasteiger partial charge on any atom is 0.115 e. The Kier molecular flexibility index (Phi) is 23.4. The molecule has 0 radical (unpaired) electrons. The van der Waals surface area contributed by atoms with Crippen LogP contribution in [0.1, 0.15) is 0 Å². The van der Waals surface area contributed by atoms with Crippen molar-refractivity contribution in [3.63, 3.8) is 0 Å². The fraction of sp³-hybridized carbons (Fsp3) is 0.333. The predicted octanol–water partition coefficient (Wildman–Crippen LogP) is -0.301. The van der Waals surface area contributed by atoms with Crippen molar-refractivity contribution in [2.45, 2.75) is 0 Å². The number of phenolic OH excluding ortho intramolecular Hbond substituents is 1. The SMILES string of the molecule is CN.CN.CN.Nc1ccc(O)cc1. The number of rotatable bonds is 0. The van der Waals surface area contributed by atoms with Gasteiger partial charge in [-0.25, -0.2) is 0 Å². The van der Waals surface area contributed by atoms with Crippen molar-refractivity contribution < 1.29 is 5.11 Å². The maximum absolute atomic E-state index is 8.70. The van der Waals surface area contributed by atoms with Crippen molar-refractivity contribution in [1.82, 2.24) is 0 Å². The molecule has 5 heteroatoms. The highest BCUT2D eigenvalue weighted by Gasteiger charge is 1.82. The molecule has 5 nitrogen and oxygen atoms in total. The van der Waals surface area contributed by atoms with Crippen molar-refractivity contribution in [3.05, 3.63) is 24.3 Å². The Hall–Kier alpha value is -1.30. The van der Waals surface area contributed by atoms with Crippen LogP contribution >= 0.6 is 0 Å². The van der Waals surface area contributed by atoms with Crippen molar-refractivity contribution in [2.24, 2.45) is 17.2 Å². The van der Waals surface area contributed by atoms with Gasteiger partial charge in [0, 0.05) is 5.69 Å². The standard InChI is InChI=1S/C6H7NO.3CH5N/c7-5-1-3-6(8)4-2-5;3*1-2/h1-4,8H,7H2;3*2H2,1H3. The minimum atomic E-state index is 0.249. The maximum atomic E-state index is 8.70. The van der Waals surface area contributed by atoms with Gasteiger partial charge in [-0.3, -0.25) is 0 Å². The van der Waals surface area contributed by atoms with Gasteiger partial charge in [0.05, 0.1) is 0 Å². The molecule has 0 heterocycles. The summed E-state index contributed by atoms with van der Waals surface area (Å²) in [5.74, 6) is 0.249. The second-order valence-electron chi connectivity index (χ2n) is 1.59. The van der Waals surface area contributed by atoms with Crippen LogP contribution in [-0.4, -0.2) is 26.2 Å². The molecule has 0 atom stereocenters. The molecule has 0 aliphatic carbocycles. The number of hydrogen-bond donors (Lipinski definition) is 5. The number of hydrogen-bond acceptors (Lipinski definition) is 5. The molecule has 0 unspecified atom stereocenters. The molecule has 1 rings (SSSR count). The number of nitrogens with two attached hydrogens (primary N) is 4. The van der Waals surface area contributed by atoms with Crippen molar-refractivity contribution in [2.75, 3.05) is 26.9 Å². The normalized spacial score (nSPS) is 6.43. The van der Waals surface area contributed by atoms with E-state index >= 15 is 0 Å². The minimum Gasteiger partial charge on any atom is -0.508 e. The highest BCUT2D eigenvalue weighted by atomic mass is 16.3. The van der Waals surface area contributed by atoms with E-state index in [0.29, 0.717) is 5.69 Å². The molecule has 0 saturated carbocycles. The van der Waals surface area contributed by atoms with E-state index in [9.17, 15) is 0 Å². The first-order valence-corrected chi connectivity index (χ1v) is 4.07. The van der Waals surface area contributed by atoms with Gasteiger partial charge < -0.3 is 28.0 Å². The fourth-order valence-corrected chi connectivity index (χ4v) is 0.474. The topological polar surface area (TPSA) is 124 Å². The van der Waals surface area contributed by atoms with E-state index in [2.05, 4.69) is 17.2 Å². The smallest absolute Gasteiger partial charge is 0.115 e. The monoisotopic (exact) mass is 202 g/mol. The molecule has 0 aliphatic heterocycles. The molecule has 0 bridgehead atoms.